The second-order valence-electron chi connectivity index (χ2n) is 9.00. The first-order chi connectivity index (χ1) is 16.4. The van der Waals surface area contributed by atoms with Crippen molar-refractivity contribution in [2.45, 2.75) is 38.9 Å². The van der Waals surface area contributed by atoms with E-state index < -0.39 is 6.04 Å². The minimum absolute atomic E-state index is 0.134. The quantitative estimate of drug-likeness (QED) is 0.445. The Hall–Kier alpha value is -3.71. The minimum Gasteiger partial charge on any atom is -0.468 e. The molecule has 0 unspecified atom stereocenters. The molecule has 1 aliphatic rings. The van der Waals surface area contributed by atoms with Gasteiger partial charge in [-0.25, -0.2) is 0 Å². The van der Waals surface area contributed by atoms with E-state index in [0.29, 0.717) is 25.1 Å². The largest absolute Gasteiger partial charge is 0.468 e. The molecule has 5 rings (SSSR count). The summed E-state index contributed by atoms with van der Waals surface area (Å²) in [5.74, 6) is -0.417. The Bertz CT molecular complexity index is 1390. The van der Waals surface area contributed by atoms with Crippen LogP contribution in [0.2, 0.25) is 0 Å². The maximum atomic E-state index is 13.1. The number of aromatic amines is 1. The number of ether oxygens (including phenoxy) is 1. The van der Waals surface area contributed by atoms with E-state index in [1.165, 1.54) is 7.11 Å². The second-order valence-corrected chi connectivity index (χ2v) is 9.00. The summed E-state index contributed by atoms with van der Waals surface area (Å²) in [6.45, 7) is 5.21. The van der Waals surface area contributed by atoms with Crippen LogP contribution in [0.3, 0.4) is 0 Å². The van der Waals surface area contributed by atoms with Crippen LogP contribution in [0.25, 0.3) is 21.8 Å². The molecule has 2 aromatic heterocycles. The van der Waals surface area contributed by atoms with Gasteiger partial charge in [-0.3, -0.25) is 19.5 Å². The molecule has 7 nitrogen and oxygen atoms in total. The Morgan fingerprint density at radius 1 is 1.15 bits per heavy atom. The lowest BCUT2D eigenvalue weighted by Gasteiger charge is -2.22. The number of aryl methyl sites for hydroxylation is 2. The first kappa shape index (κ1) is 22.1. The molecule has 0 aliphatic carbocycles. The van der Waals surface area contributed by atoms with E-state index >= 15 is 0 Å². The normalized spacial score (nSPS) is 18.4. The number of fused-ring (bicyclic) bond motifs is 2. The summed E-state index contributed by atoms with van der Waals surface area (Å²) >= 11 is 0. The summed E-state index contributed by atoms with van der Waals surface area (Å²) in [4.78, 5) is 35.5. The highest BCUT2D eigenvalue weighted by molar-refractivity contribution is 5.99. The zero-order valence-electron chi connectivity index (χ0n) is 19.6. The van der Waals surface area contributed by atoms with Crippen molar-refractivity contribution in [2.75, 3.05) is 13.7 Å². The van der Waals surface area contributed by atoms with Crippen molar-refractivity contribution in [2.24, 2.45) is 0 Å². The summed E-state index contributed by atoms with van der Waals surface area (Å²) in [5.41, 5.74) is 5.90. The Kier molecular flexibility index (Phi) is 5.79. The molecule has 0 spiro atoms. The van der Waals surface area contributed by atoms with Crippen LogP contribution >= 0.6 is 0 Å². The van der Waals surface area contributed by atoms with E-state index in [0.717, 1.165) is 38.6 Å². The lowest BCUT2D eigenvalue weighted by Crippen LogP contribution is -2.37. The molecule has 1 aliphatic heterocycles. The van der Waals surface area contributed by atoms with E-state index in [2.05, 4.69) is 27.1 Å². The number of benzene rings is 2. The Balaban J connectivity index is 1.35. The van der Waals surface area contributed by atoms with Gasteiger partial charge >= 0.3 is 5.97 Å². The van der Waals surface area contributed by atoms with Crippen molar-refractivity contribution in [1.82, 2.24) is 20.2 Å². The number of nitrogens with one attached hydrogen (secondary N) is 2. The van der Waals surface area contributed by atoms with E-state index in [4.69, 9.17) is 4.74 Å². The lowest BCUT2D eigenvalue weighted by molar-refractivity contribution is -0.146. The zero-order chi connectivity index (χ0) is 23.8. The van der Waals surface area contributed by atoms with E-state index in [9.17, 15) is 9.59 Å². The minimum atomic E-state index is -0.417. The number of carbonyl (C=O) groups excluding carboxylic acids is 2. The summed E-state index contributed by atoms with van der Waals surface area (Å²) < 4.78 is 5.08. The van der Waals surface area contributed by atoms with Crippen molar-refractivity contribution >= 4 is 33.7 Å². The van der Waals surface area contributed by atoms with Crippen LogP contribution in [0.15, 0.2) is 54.7 Å². The monoisotopic (exact) mass is 456 g/mol. The summed E-state index contributed by atoms with van der Waals surface area (Å²) in [6, 6.07) is 15.1. The molecule has 34 heavy (non-hydrogen) atoms. The van der Waals surface area contributed by atoms with E-state index in [-0.39, 0.29) is 17.9 Å². The van der Waals surface area contributed by atoms with Crippen LogP contribution in [0.5, 0.6) is 0 Å². The molecule has 7 heteroatoms. The molecule has 1 amide bonds. The van der Waals surface area contributed by atoms with Crippen molar-refractivity contribution in [3.8, 4) is 0 Å². The molecule has 2 N–H and O–H groups in total. The number of esters is 1. The Morgan fingerprint density at radius 2 is 1.97 bits per heavy atom. The molecular weight excluding hydrogens is 428 g/mol. The van der Waals surface area contributed by atoms with Gasteiger partial charge in [0.15, 0.2) is 0 Å². The van der Waals surface area contributed by atoms with Gasteiger partial charge in [-0.15, -0.1) is 0 Å². The highest BCUT2D eigenvalue weighted by atomic mass is 16.5. The molecule has 1 fully saturated rings. The smallest absolute Gasteiger partial charge is 0.323 e. The second kappa shape index (κ2) is 8.91. The number of methoxy groups -OCH3 is 1. The lowest BCUT2D eigenvalue weighted by atomic mass is 10.1. The fourth-order valence-electron chi connectivity index (χ4n) is 4.95. The summed E-state index contributed by atoms with van der Waals surface area (Å²) in [7, 11) is 1.41. The van der Waals surface area contributed by atoms with E-state index in [1.807, 2.05) is 55.5 Å². The van der Waals surface area contributed by atoms with Crippen molar-refractivity contribution in [3.05, 3.63) is 77.1 Å². The van der Waals surface area contributed by atoms with Crippen LogP contribution in [0, 0.1) is 13.8 Å². The predicted molar refractivity (Wildman–Crippen MR) is 132 cm³/mol. The topological polar surface area (TPSA) is 87.3 Å². The summed E-state index contributed by atoms with van der Waals surface area (Å²) in [6.07, 6.45) is 2.30. The molecule has 4 aromatic rings. The molecule has 0 bridgehead atoms. The third-order valence-corrected chi connectivity index (χ3v) is 6.90. The third-order valence-electron chi connectivity index (χ3n) is 6.90. The number of likely N-dealkylation sites (tertiary alicyclic amines) is 1. The van der Waals surface area contributed by atoms with Gasteiger partial charge in [-0.05, 0) is 61.7 Å². The summed E-state index contributed by atoms with van der Waals surface area (Å²) in [5, 5.41) is 5.25. The number of para-hydroxylation sites is 1. The molecule has 2 atom stereocenters. The Labute approximate surface area is 198 Å². The Morgan fingerprint density at radius 3 is 2.79 bits per heavy atom. The van der Waals surface area contributed by atoms with Crippen molar-refractivity contribution in [1.29, 1.82) is 0 Å². The number of aromatic nitrogens is 2. The van der Waals surface area contributed by atoms with Gasteiger partial charge < -0.3 is 15.0 Å². The number of hydrogen-bond donors (Lipinski definition) is 2. The van der Waals surface area contributed by atoms with Gasteiger partial charge in [0.1, 0.15) is 6.04 Å². The van der Waals surface area contributed by atoms with Gasteiger partial charge in [-0.1, -0.05) is 18.2 Å². The van der Waals surface area contributed by atoms with Gasteiger partial charge in [0.25, 0.3) is 5.91 Å². The standard InChI is InChI=1S/C27H28N4O3/c1-16-17(2)29-24-9-8-18(12-22(16)24)26(32)30-20-13-25(27(33)34-3)31(15-20)14-19-10-11-28-23-7-5-4-6-21(19)23/h4-12,20,25,29H,13-15H2,1-3H3,(H,30,32)/t20-,25+/m1/s1. The fraction of sp³-hybridized carbons (Fsp3) is 0.296. The molecule has 174 valence electrons. The van der Waals surface area contributed by atoms with Gasteiger partial charge in [0.05, 0.1) is 12.6 Å². The van der Waals surface area contributed by atoms with Crippen molar-refractivity contribution < 1.29 is 14.3 Å². The van der Waals surface area contributed by atoms with Gasteiger partial charge in [0.2, 0.25) is 0 Å². The number of nitrogens with zero attached hydrogens (tertiary/aromatic N) is 2. The molecule has 1 saturated heterocycles. The number of amides is 1. The molecule has 0 radical (unpaired) electrons. The molecular formula is C27H28N4O3. The van der Waals surface area contributed by atoms with Crippen LogP contribution in [-0.4, -0.2) is 52.5 Å². The average Bonchev–Trinajstić information content (AvgIpc) is 3.38. The molecule has 2 aromatic carbocycles. The SMILES string of the molecule is COC(=O)[C@@H]1C[C@@H](NC(=O)c2ccc3[nH]c(C)c(C)c3c2)CN1Cc1ccnc2ccccc12. The van der Waals surface area contributed by atoms with Crippen LogP contribution < -0.4 is 5.32 Å². The number of hydrogen-bond acceptors (Lipinski definition) is 5. The van der Waals surface area contributed by atoms with Crippen LogP contribution in [0.1, 0.15) is 33.6 Å². The average molecular weight is 457 g/mol. The number of H-pyrrole nitrogens is 1. The maximum Gasteiger partial charge on any atom is 0.323 e. The van der Waals surface area contributed by atoms with Crippen molar-refractivity contribution in [3.63, 3.8) is 0 Å². The molecule has 0 saturated carbocycles. The third kappa shape index (κ3) is 4.03. The fourth-order valence-corrected chi connectivity index (χ4v) is 4.95. The van der Waals surface area contributed by atoms with Gasteiger partial charge in [-0.2, -0.15) is 0 Å². The number of rotatable bonds is 5. The zero-order valence-corrected chi connectivity index (χ0v) is 19.6. The first-order valence-corrected chi connectivity index (χ1v) is 11.5. The first-order valence-electron chi connectivity index (χ1n) is 11.5. The van der Waals surface area contributed by atoms with Crippen LogP contribution in [0.4, 0.5) is 0 Å². The van der Waals surface area contributed by atoms with Crippen LogP contribution in [-0.2, 0) is 16.1 Å². The number of pyridine rings is 1. The maximum absolute atomic E-state index is 13.1. The molecule has 3 heterocycles. The highest BCUT2D eigenvalue weighted by Gasteiger charge is 2.38. The predicted octanol–water partition coefficient (Wildman–Crippen LogP) is 3.88. The van der Waals surface area contributed by atoms with E-state index in [1.54, 1.807) is 6.20 Å². The number of carbonyl (C=O) groups is 2. The highest BCUT2D eigenvalue weighted by Crippen LogP contribution is 2.26. The van der Waals surface area contributed by atoms with Gasteiger partial charge in [0, 0.05) is 52.9 Å².